The number of hydrogen-bond acceptors (Lipinski definition) is 1. The predicted molar refractivity (Wildman–Crippen MR) is 196 cm³/mol. The average molecular weight is 860 g/mol. The van der Waals surface area contributed by atoms with Crippen LogP contribution >= 0.6 is 15.9 Å². The van der Waals surface area contributed by atoms with Gasteiger partial charge in [-0.05, 0) is 13.8 Å². The number of aromatic nitrogens is 2. The van der Waals surface area contributed by atoms with Gasteiger partial charge in [-0.3, -0.25) is 25.9 Å². The highest BCUT2D eigenvalue weighted by Crippen LogP contribution is 1.90. The van der Waals surface area contributed by atoms with Crippen LogP contribution in [0.15, 0.2) is 61.2 Å². The van der Waals surface area contributed by atoms with E-state index in [0.717, 1.165) is 51.5 Å². The zero-order valence-corrected chi connectivity index (χ0v) is 32.1. The minimum atomic E-state index is -3.67. The number of alkyl halides is 1. The third kappa shape index (κ3) is 99.0. The molecule has 0 fully saturated rings. The van der Waals surface area contributed by atoms with Crippen LogP contribution in [-0.4, -0.2) is 53.5 Å². The molecule has 2 aromatic rings. The molecule has 0 spiro atoms. The molecule has 0 saturated carbocycles. The Morgan fingerprint density at radius 2 is 0.776 bits per heavy atom. The van der Waals surface area contributed by atoms with Gasteiger partial charge in [-0.15, -0.1) is 0 Å². The fraction of sp³-hybridized carbons (Fsp3) is 0.697. The molecule has 2 rings (SSSR count). The SMILES string of the molecule is C.C.C.CCBr.CCCC[n+]1ccccc1.CCCC[n+]1ccccc1.CCOCC.CC[O+](CC)CC.FB(F)F.FB(F)F.[Br-].[F-].[F-]. The highest BCUT2D eigenvalue weighted by Gasteiger charge is 2.06. The van der Waals surface area contributed by atoms with Crippen molar-refractivity contribution in [1.29, 1.82) is 0 Å². The number of halogens is 10. The van der Waals surface area contributed by atoms with Crippen molar-refractivity contribution >= 4 is 31.0 Å². The molecule has 0 unspecified atom stereocenters. The van der Waals surface area contributed by atoms with E-state index in [-0.39, 0.29) is 48.7 Å². The van der Waals surface area contributed by atoms with Gasteiger partial charge in [-0.25, -0.2) is 9.13 Å². The molecule has 0 N–H and O–H groups in total. The molecule has 2 heterocycles. The lowest BCUT2D eigenvalue weighted by atomic mass is 10.3. The van der Waals surface area contributed by atoms with Gasteiger partial charge in [0, 0.05) is 76.4 Å². The lowest BCUT2D eigenvalue weighted by Gasteiger charge is -2.11. The lowest BCUT2D eigenvalue weighted by Crippen LogP contribution is -3.00. The van der Waals surface area contributed by atoms with Crippen LogP contribution in [0.3, 0.4) is 0 Å². The third-order valence-electron chi connectivity index (χ3n) is 4.73. The highest BCUT2D eigenvalue weighted by atomic mass is 79.9. The molecule has 0 radical (unpaired) electrons. The third-order valence-corrected chi connectivity index (χ3v) is 4.73. The quantitative estimate of drug-likeness (QED) is 0.112. The van der Waals surface area contributed by atoms with Crippen molar-refractivity contribution in [3.05, 3.63) is 61.2 Å². The summed E-state index contributed by atoms with van der Waals surface area (Å²) >= 11 is 3.15. The summed E-state index contributed by atoms with van der Waals surface area (Å²) in [6.45, 7) is 24.2. The Balaban J connectivity index is -0.0000000390. The van der Waals surface area contributed by atoms with E-state index in [1.807, 2.05) is 32.9 Å². The van der Waals surface area contributed by atoms with Gasteiger partial charge in [-0.2, -0.15) is 0 Å². The number of nitrogens with zero attached hydrogens (tertiary/aromatic N) is 2. The van der Waals surface area contributed by atoms with Crippen molar-refractivity contribution in [2.45, 2.75) is 116 Å². The molecule has 0 aromatic carbocycles. The Morgan fingerprint density at radius 3 is 0.898 bits per heavy atom. The minimum absolute atomic E-state index is 0. The van der Waals surface area contributed by atoms with E-state index < -0.39 is 15.1 Å². The maximum atomic E-state index is 9.67. The molecule has 0 atom stereocenters. The van der Waals surface area contributed by atoms with E-state index in [1.54, 1.807) is 0 Å². The first-order chi connectivity index (χ1) is 20.5. The van der Waals surface area contributed by atoms with Crippen LogP contribution in [0.4, 0.5) is 25.9 Å². The van der Waals surface area contributed by atoms with Crippen molar-refractivity contribution in [1.82, 2.24) is 0 Å². The van der Waals surface area contributed by atoms with Crippen molar-refractivity contribution in [2.24, 2.45) is 0 Å². The summed E-state index contributed by atoms with van der Waals surface area (Å²) in [6.07, 6.45) is 13.5. The van der Waals surface area contributed by atoms with Gasteiger partial charge in [0.2, 0.25) is 0 Å². The molecule has 0 amide bonds. The topological polar surface area (TPSA) is 19.7 Å². The van der Waals surface area contributed by atoms with E-state index in [4.69, 9.17) is 4.74 Å². The number of rotatable bonds is 11. The summed E-state index contributed by atoms with van der Waals surface area (Å²) in [4.78, 5) is 0. The lowest BCUT2D eigenvalue weighted by molar-refractivity contribution is -0.697. The number of aryl methyl sites for hydroxylation is 2. The molecule has 0 aliphatic heterocycles. The fourth-order valence-corrected chi connectivity index (χ4v) is 2.66. The van der Waals surface area contributed by atoms with E-state index in [9.17, 15) is 25.9 Å². The number of ether oxygens (including phenoxy) is 1. The van der Waals surface area contributed by atoms with Gasteiger partial charge in [0.05, 0.1) is 0 Å². The number of pyridine rings is 2. The summed E-state index contributed by atoms with van der Waals surface area (Å²) in [7, 11) is -7.33. The van der Waals surface area contributed by atoms with E-state index >= 15 is 0 Å². The van der Waals surface area contributed by atoms with Gasteiger partial charge < -0.3 is 35.5 Å². The molecule has 2 aromatic heterocycles. The van der Waals surface area contributed by atoms with Crippen molar-refractivity contribution in [2.75, 3.05) is 38.4 Å². The van der Waals surface area contributed by atoms with Crippen LogP contribution in [0.1, 0.15) is 103 Å². The predicted octanol–water partition coefficient (Wildman–Crippen LogP) is 2.27. The zero-order chi connectivity index (χ0) is 34.2. The molecule has 0 aliphatic carbocycles. The Morgan fingerprint density at radius 1 is 0.551 bits per heavy atom. The monoisotopic (exact) mass is 858 g/mol. The molecule has 300 valence electrons. The summed E-state index contributed by atoms with van der Waals surface area (Å²) in [5.74, 6) is 0. The first-order valence-electron chi connectivity index (χ1n) is 15.0. The first-order valence-corrected chi connectivity index (χ1v) is 16.1. The molecular weight excluding hydrogens is 790 g/mol. The first kappa shape index (κ1) is 77.3. The van der Waals surface area contributed by atoms with Gasteiger partial charge >= 0.3 is 15.1 Å². The van der Waals surface area contributed by atoms with E-state index in [1.165, 1.54) is 25.7 Å². The van der Waals surface area contributed by atoms with Crippen LogP contribution in [-0.2, 0) is 22.2 Å². The van der Waals surface area contributed by atoms with E-state index in [2.05, 4.69) is 113 Å². The fourth-order valence-electron chi connectivity index (χ4n) is 2.66. The average Bonchev–Trinajstić information content (AvgIpc) is 2.98. The maximum Gasteiger partial charge on any atom is 0.762 e. The Hall–Kier alpha value is -1.25. The van der Waals surface area contributed by atoms with Gasteiger partial charge in [-0.1, -0.05) is 84.0 Å². The highest BCUT2D eigenvalue weighted by molar-refractivity contribution is 9.09. The largest absolute Gasteiger partial charge is 1.00 e. The molecule has 0 aliphatic rings. The summed E-state index contributed by atoms with van der Waals surface area (Å²) < 4.78 is 70.3. The van der Waals surface area contributed by atoms with Gasteiger partial charge in [0.1, 0.15) is 32.9 Å². The summed E-state index contributed by atoms with van der Waals surface area (Å²) in [5, 5.41) is 1.06. The Labute approximate surface area is 316 Å². The molecular formula is C33H70B2Br2F8N2O2. The molecule has 16 heteroatoms. The molecule has 0 saturated heterocycles. The number of unbranched alkanes of at least 4 members (excludes halogenated alkanes) is 2. The standard InChI is InChI=1S/2C9H14N.C6H15O.C4H10O.C2H5Br.3CH4.2BF3.BrH.2FH/c2*1-2-3-7-10-8-5-4-6-9-10;1-4-7(5-2)6-3;1-3-5-4-2;1-2-3;;;;2*2-1(3)4;;;/h2*4-6,8-9H,2-3,7H2,1H3;4-6H2,1-3H3;3-4H2,1-2H3;2H2,1H3;3*1H4;;;3*1H/q3*+1;;;;;;;;;;/p-3. The van der Waals surface area contributed by atoms with Crippen LogP contribution in [0.5, 0.6) is 0 Å². The molecule has 0 bridgehead atoms. The zero-order valence-electron chi connectivity index (χ0n) is 28.9. The minimum Gasteiger partial charge on any atom is -1.00 e. The maximum absolute atomic E-state index is 9.67. The van der Waals surface area contributed by atoms with Crippen molar-refractivity contribution < 1.29 is 70.5 Å². The summed E-state index contributed by atoms with van der Waals surface area (Å²) in [6, 6.07) is 12.3. The van der Waals surface area contributed by atoms with Crippen LogP contribution in [0, 0.1) is 0 Å². The smallest absolute Gasteiger partial charge is 0.762 e. The molecule has 4 nitrogen and oxygen atoms in total. The second kappa shape index (κ2) is 72.5. The number of hydrogen-bond donors (Lipinski definition) is 0. The van der Waals surface area contributed by atoms with E-state index in [0.29, 0.717) is 0 Å². The van der Waals surface area contributed by atoms with Crippen LogP contribution < -0.4 is 35.5 Å². The normalized spacial score (nSPS) is 7.76. The van der Waals surface area contributed by atoms with Crippen molar-refractivity contribution in [3.8, 4) is 0 Å². The second-order valence-corrected chi connectivity index (χ2v) is 9.08. The Bertz CT molecular complexity index is 650. The molecule has 49 heavy (non-hydrogen) atoms. The Kier molecular flexibility index (Phi) is 114. The second-order valence-electron chi connectivity index (χ2n) is 7.96. The van der Waals surface area contributed by atoms with Crippen molar-refractivity contribution in [3.63, 3.8) is 0 Å². The van der Waals surface area contributed by atoms with Crippen LogP contribution in [0.2, 0.25) is 0 Å². The van der Waals surface area contributed by atoms with Crippen LogP contribution in [0.25, 0.3) is 0 Å². The van der Waals surface area contributed by atoms with Gasteiger partial charge in [0.15, 0.2) is 24.8 Å². The van der Waals surface area contributed by atoms with Gasteiger partial charge in [0.25, 0.3) is 0 Å². The summed E-state index contributed by atoms with van der Waals surface area (Å²) in [5.41, 5.74) is 0.